The number of likely N-dealkylation sites (tertiary alicyclic amines) is 1. The number of aromatic nitrogens is 4. The van der Waals surface area contributed by atoms with E-state index in [1.165, 1.54) is 0 Å². The highest BCUT2D eigenvalue weighted by atomic mass is 16.5. The van der Waals surface area contributed by atoms with Gasteiger partial charge in [0.15, 0.2) is 0 Å². The minimum absolute atomic E-state index is 0.125. The van der Waals surface area contributed by atoms with Crippen molar-refractivity contribution in [1.29, 1.82) is 0 Å². The lowest BCUT2D eigenvalue weighted by Gasteiger charge is -2.36. The summed E-state index contributed by atoms with van der Waals surface area (Å²) in [5.74, 6) is 1.65. The lowest BCUT2D eigenvalue weighted by atomic mass is 10.00. The van der Waals surface area contributed by atoms with Gasteiger partial charge >= 0.3 is 0 Å². The number of hydrogen-bond donors (Lipinski definition) is 0. The number of carbonyl (C=O) groups excluding carboxylic acids is 1. The third-order valence-corrected chi connectivity index (χ3v) is 3.09. The SMILES string of the molecule is CCC(=O)N1CC(c2nc(-c3ncccn3)no2)C1. The Labute approximate surface area is 109 Å². The van der Waals surface area contributed by atoms with E-state index in [1.54, 1.807) is 23.4 Å². The van der Waals surface area contributed by atoms with Crippen molar-refractivity contribution in [2.24, 2.45) is 0 Å². The number of hydrogen-bond acceptors (Lipinski definition) is 6. The van der Waals surface area contributed by atoms with Crippen LogP contribution in [0.4, 0.5) is 0 Å². The predicted octanol–water partition coefficient (Wildman–Crippen LogP) is 0.862. The minimum Gasteiger partial charge on any atom is -0.341 e. The maximum Gasteiger partial charge on any atom is 0.240 e. The summed E-state index contributed by atoms with van der Waals surface area (Å²) in [4.78, 5) is 25.6. The molecule has 98 valence electrons. The molecule has 3 rings (SSSR count). The third kappa shape index (κ3) is 2.18. The van der Waals surface area contributed by atoms with Gasteiger partial charge < -0.3 is 9.42 Å². The summed E-state index contributed by atoms with van der Waals surface area (Å²) < 4.78 is 5.21. The lowest BCUT2D eigenvalue weighted by molar-refractivity contribution is -0.135. The molecule has 0 aliphatic carbocycles. The minimum atomic E-state index is 0.125. The molecule has 3 heterocycles. The first-order chi connectivity index (χ1) is 9.28. The summed E-state index contributed by atoms with van der Waals surface area (Å²) in [6.07, 6.45) is 3.78. The van der Waals surface area contributed by atoms with Crippen LogP contribution in [-0.4, -0.2) is 44.0 Å². The van der Waals surface area contributed by atoms with E-state index >= 15 is 0 Å². The van der Waals surface area contributed by atoms with Gasteiger partial charge in [-0.3, -0.25) is 4.79 Å². The van der Waals surface area contributed by atoms with Crippen LogP contribution in [0.2, 0.25) is 0 Å². The molecule has 1 fully saturated rings. The van der Waals surface area contributed by atoms with E-state index in [9.17, 15) is 4.79 Å². The van der Waals surface area contributed by atoms with E-state index in [1.807, 2.05) is 6.92 Å². The van der Waals surface area contributed by atoms with Crippen LogP contribution in [0, 0.1) is 0 Å². The van der Waals surface area contributed by atoms with Gasteiger partial charge in [0.2, 0.25) is 23.4 Å². The average molecular weight is 259 g/mol. The first-order valence-corrected chi connectivity index (χ1v) is 6.16. The molecular weight excluding hydrogens is 246 g/mol. The maximum atomic E-state index is 11.4. The Morgan fingerprint density at radius 3 is 2.79 bits per heavy atom. The van der Waals surface area contributed by atoms with E-state index in [0.29, 0.717) is 37.0 Å². The van der Waals surface area contributed by atoms with Gasteiger partial charge in [-0.1, -0.05) is 12.1 Å². The Kier molecular flexibility index (Phi) is 2.94. The van der Waals surface area contributed by atoms with Crippen molar-refractivity contribution in [3.8, 4) is 11.6 Å². The monoisotopic (exact) mass is 259 g/mol. The predicted molar refractivity (Wildman–Crippen MR) is 64.9 cm³/mol. The highest BCUT2D eigenvalue weighted by molar-refractivity contribution is 5.76. The van der Waals surface area contributed by atoms with E-state index in [-0.39, 0.29) is 11.8 Å². The molecule has 1 aliphatic rings. The molecule has 0 radical (unpaired) electrons. The van der Waals surface area contributed by atoms with Crippen LogP contribution in [0.15, 0.2) is 23.0 Å². The molecule has 2 aromatic heterocycles. The summed E-state index contributed by atoms with van der Waals surface area (Å²) in [5.41, 5.74) is 0. The van der Waals surface area contributed by atoms with E-state index in [2.05, 4.69) is 20.1 Å². The largest absolute Gasteiger partial charge is 0.341 e. The molecule has 0 saturated carbocycles. The van der Waals surface area contributed by atoms with Crippen molar-refractivity contribution in [3.63, 3.8) is 0 Å². The molecule has 7 nitrogen and oxygen atoms in total. The molecule has 7 heteroatoms. The van der Waals surface area contributed by atoms with Crippen LogP contribution in [0.3, 0.4) is 0 Å². The zero-order valence-electron chi connectivity index (χ0n) is 10.5. The number of nitrogens with zero attached hydrogens (tertiary/aromatic N) is 5. The normalized spacial score (nSPS) is 15.3. The van der Waals surface area contributed by atoms with Gasteiger partial charge in [-0.15, -0.1) is 0 Å². The number of amides is 1. The molecule has 1 aliphatic heterocycles. The summed E-state index contributed by atoms with van der Waals surface area (Å²) in [7, 11) is 0. The van der Waals surface area contributed by atoms with E-state index in [0.717, 1.165) is 0 Å². The van der Waals surface area contributed by atoms with Gasteiger partial charge in [-0.05, 0) is 6.07 Å². The van der Waals surface area contributed by atoms with Crippen molar-refractivity contribution in [2.75, 3.05) is 13.1 Å². The fraction of sp³-hybridized carbons (Fsp3) is 0.417. The molecule has 0 spiro atoms. The zero-order chi connectivity index (χ0) is 13.2. The fourth-order valence-electron chi connectivity index (χ4n) is 1.97. The van der Waals surface area contributed by atoms with E-state index in [4.69, 9.17) is 4.52 Å². The first-order valence-electron chi connectivity index (χ1n) is 6.16. The molecule has 0 N–H and O–H groups in total. The van der Waals surface area contributed by atoms with Crippen LogP contribution < -0.4 is 0 Å². The molecule has 1 saturated heterocycles. The molecule has 0 atom stereocenters. The Balaban J connectivity index is 1.69. The lowest BCUT2D eigenvalue weighted by Crippen LogP contribution is -2.48. The van der Waals surface area contributed by atoms with Crippen LogP contribution in [0.1, 0.15) is 25.2 Å². The van der Waals surface area contributed by atoms with Crippen molar-refractivity contribution in [1.82, 2.24) is 25.0 Å². The molecule has 0 unspecified atom stereocenters. The third-order valence-electron chi connectivity index (χ3n) is 3.09. The summed E-state index contributed by atoms with van der Waals surface area (Å²) >= 11 is 0. The van der Waals surface area contributed by atoms with Crippen molar-refractivity contribution in [3.05, 3.63) is 24.4 Å². The molecule has 0 aromatic carbocycles. The summed E-state index contributed by atoms with van der Waals surface area (Å²) in [6.45, 7) is 3.14. The fourth-order valence-corrected chi connectivity index (χ4v) is 1.97. The molecule has 19 heavy (non-hydrogen) atoms. The Hall–Kier alpha value is -2.31. The second-order valence-electron chi connectivity index (χ2n) is 4.38. The topological polar surface area (TPSA) is 85.0 Å². The van der Waals surface area contributed by atoms with Crippen LogP contribution >= 0.6 is 0 Å². The van der Waals surface area contributed by atoms with Gasteiger partial charge in [-0.2, -0.15) is 4.98 Å². The van der Waals surface area contributed by atoms with Crippen LogP contribution in [0.5, 0.6) is 0 Å². The summed E-state index contributed by atoms with van der Waals surface area (Å²) in [5, 5.41) is 3.86. The van der Waals surface area contributed by atoms with Crippen molar-refractivity contribution in [2.45, 2.75) is 19.3 Å². The zero-order valence-corrected chi connectivity index (χ0v) is 10.5. The highest BCUT2D eigenvalue weighted by Crippen LogP contribution is 2.27. The van der Waals surface area contributed by atoms with E-state index < -0.39 is 0 Å². The second kappa shape index (κ2) is 4.75. The maximum absolute atomic E-state index is 11.4. The first kappa shape index (κ1) is 11.8. The van der Waals surface area contributed by atoms with Crippen LogP contribution in [-0.2, 0) is 4.79 Å². The van der Waals surface area contributed by atoms with Gasteiger partial charge in [0.25, 0.3) is 0 Å². The van der Waals surface area contributed by atoms with Crippen molar-refractivity contribution < 1.29 is 9.32 Å². The summed E-state index contributed by atoms with van der Waals surface area (Å²) in [6, 6.07) is 1.73. The van der Waals surface area contributed by atoms with Gasteiger partial charge in [0, 0.05) is 31.9 Å². The van der Waals surface area contributed by atoms with Crippen molar-refractivity contribution >= 4 is 5.91 Å². The Morgan fingerprint density at radius 1 is 1.37 bits per heavy atom. The molecule has 1 amide bonds. The number of carbonyl (C=O) groups is 1. The van der Waals surface area contributed by atoms with Gasteiger partial charge in [0.05, 0.1) is 5.92 Å². The Bertz CT molecular complexity index is 577. The van der Waals surface area contributed by atoms with Gasteiger partial charge in [0.1, 0.15) is 0 Å². The average Bonchev–Trinajstić information content (AvgIpc) is 2.87. The van der Waals surface area contributed by atoms with Gasteiger partial charge in [-0.25, -0.2) is 9.97 Å². The number of rotatable bonds is 3. The van der Waals surface area contributed by atoms with Crippen LogP contribution in [0.25, 0.3) is 11.6 Å². The standard InChI is InChI=1S/C12H13N5O2/c1-2-9(18)17-6-8(7-17)12-15-11(16-19-12)10-13-4-3-5-14-10/h3-5,8H,2,6-7H2,1H3. The smallest absolute Gasteiger partial charge is 0.240 e. The Morgan fingerprint density at radius 2 is 2.11 bits per heavy atom. The molecular formula is C12H13N5O2. The molecule has 2 aromatic rings. The molecule has 0 bridgehead atoms. The second-order valence-corrected chi connectivity index (χ2v) is 4.38. The highest BCUT2D eigenvalue weighted by Gasteiger charge is 2.35. The quantitative estimate of drug-likeness (QED) is 0.812.